The van der Waals surface area contributed by atoms with Crippen molar-refractivity contribution in [2.45, 2.75) is 12.8 Å². The van der Waals surface area contributed by atoms with Crippen LogP contribution in [-0.4, -0.2) is 12.9 Å². The Morgan fingerprint density at radius 3 is 2.67 bits per heavy atom. The molecule has 0 saturated heterocycles. The number of nitriles is 1. The van der Waals surface area contributed by atoms with Crippen LogP contribution in [0.1, 0.15) is 27.4 Å². The van der Waals surface area contributed by atoms with Gasteiger partial charge in [0.15, 0.2) is 5.78 Å². The molecule has 21 heavy (non-hydrogen) atoms. The zero-order valence-corrected chi connectivity index (χ0v) is 13.3. The zero-order valence-electron chi connectivity index (χ0n) is 11.8. The van der Waals surface area contributed by atoms with Crippen LogP contribution in [0.25, 0.3) is 0 Å². The van der Waals surface area contributed by atoms with Crippen molar-refractivity contribution in [2.24, 2.45) is 0 Å². The monoisotopic (exact) mass is 343 g/mol. The number of benzene rings is 2. The van der Waals surface area contributed by atoms with Crippen LogP contribution in [0, 0.1) is 18.3 Å². The molecule has 0 saturated carbocycles. The molecule has 2 rings (SSSR count). The van der Waals surface area contributed by atoms with Gasteiger partial charge in [0.1, 0.15) is 11.7 Å². The first-order chi connectivity index (χ1) is 10.1. The van der Waals surface area contributed by atoms with Crippen LogP contribution in [0.4, 0.5) is 0 Å². The number of Topliss-reactive ketones (excluding diaryl/α,β-unsaturated/α-hetero) is 1. The van der Waals surface area contributed by atoms with E-state index in [2.05, 4.69) is 22.0 Å². The summed E-state index contributed by atoms with van der Waals surface area (Å²) in [5.74, 6) is -0.399. The fourth-order valence-electron chi connectivity index (χ4n) is 2.16. The number of rotatable bonds is 4. The number of nitrogens with zero attached hydrogens (tertiary/aromatic N) is 1. The maximum atomic E-state index is 12.6. The Bertz CT molecular complexity index is 719. The van der Waals surface area contributed by atoms with Gasteiger partial charge in [0.05, 0.1) is 13.2 Å². The summed E-state index contributed by atoms with van der Waals surface area (Å²) >= 11 is 3.37. The highest BCUT2D eigenvalue weighted by molar-refractivity contribution is 9.10. The minimum Gasteiger partial charge on any atom is -0.497 e. The smallest absolute Gasteiger partial charge is 0.184 e. The Morgan fingerprint density at radius 1 is 1.29 bits per heavy atom. The molecule has 1 atom stereocenters. The summed E-state index contributed by atoms with van der Waals surface area (Å²) in [5, 5.41) is 9.40. The molecule has 0 aliphatic rings. The Labute approximate surface area is 132 Å². The second-order valence-electron chi connectivity index (χ2n) is 4.66. The number of carbonyl (C=O) groups excluding carboxylic acids is 1. The van der Waals surface area contributed by atoms with E-state index < -0.39 is 5.92 Å². The fraction of sp³-hybridized carbons (Fsp3) is 0.176. The van der Waals surface area contributed by atoms with E-state index in [4.69, 9.17) is 4.74 Å². The van der Waals surface area contributed by atoms with Gasteiger partial charge in [0.2, 0.25) is 0 Å². The van der Waals surface area contributed by atoms with E-state index in [-0.39, 0.29) is 5.78 Å². The van der Waals surface area contributed by atoms with Crippen molar-refractivity contribution < 1.29 is 9.53 Å². The molecule has 0 amide bonds. The van der Waals surface area contributed by atoms with E-state index in [0.717, 1.165) is 10.0 Å². The highest BCUT2D eigenvalue weighted by atomic mass is 79.9. The second kappa shape index (κ2) is 6.55. The van der Waals surface area contributed by atoms with Crippen LogP contribution in [-0.2, 0) is 0 Å². The predicted octanol–water partition coefficient (Wildman–Crippen LogP) is 4.26. The third-order valence-corrected chi connectivity index (χ3v) is 3.77. The molecule has 3 nitrogen and oxygen atoms in total. The number of hydrogen-bond donors (Lipinski definition) is 0. The summed E-state index contributed by atoms with van der Waals surface area (Å²) in [4.78, 5) is 12.6. The van der Waals surface area contributed by atoms with Gasteiger partial charge < -0.3 is 4.74 Å². The van der Waals surface area contributed by atoms with E-state index in [1.165, 1.54) is 0 Å². The molecule has 0 radical (unpaired) electrons. The molecule has 2 aromatic carbocycles. The Balaban J connectivity index is 2.41. The van der Waals surface area contributed by atoms with Gasteiger partial charge in [0.25, 0.3) is 0 Å². The Hall–Kier alpha value is -2.12. The summed E-state index contributed by atoms with van der Waals surface area (Å²) in [6, 6.07) is 14.6. The van der Waals surface area contributed by atoms with Crippen LogP contribution in [0.5, 0.6) is 5.75 Å². The number of hydrogen-bond acceptors (Lipinski definition) is 3. The first-order valence-corrected chi connectivity index (χ1v) is 7.20. The molecule has 0 spiro atoms. The van der Waals surface area contributed by atoms with Gasteiger partial charge in [0, 0.05) is 10.0 Å². The molecule has 1 unspecified atom stereocenters. The van der Waals surface area contributed by atoms with Crippen LogP contribution < -0.4 is 4.74 Å². The van der Waals surface area contributed by atoms with E-state index in [9.17, 15) is 10.1 Å². The molecule has 106 valence electrons. The fourth-order valence-corrected chi connectivity index (χ4v) is 2.64. The van der Waals surface area contributed by atoms with Gasteiger partial charge >= 0.3 is 0 Å². The number of aryl methyl sites for hydroxylation is 1. The van der Waals surface area contributed by atoms with Crippen LogP contribution in [0.15, 0.2) is 46.9 Å². The summed E-state index contributed by atoms with van der Waals surface area (Å²) in [6.45, 7) is 1.86. The van der Waals surface area contributed by atoms with Gasteiger partial charge in [-0.2, -0.15) is 5.26 Å². The molecular formula is C17H14BrNO2. The molecule has 0 bridgehead atoms. The SMILES string of the molecule is COc1cccc(C(C#N)C(=O)c2ccc(Br)cc2C)c1. The van der Waals surface area contributed by atoms with Gasteiger partial charge in [-0.25, -0.2) is 0 Å². The van der Waals surface area contributed by atoms with E-state index in [0.29, 0.717) is 16.9 Å². The minimum absolute atomic E-state index is 0.198. The first kappa shape index (κ1) is 15.3. The Morgan fingerprint density at radius 2 is 2.05 bits per heavy atom. The maximum Gasteiger partial charge on any atom is 0.184 e. The molecule has 0 heterocycles. The van der Waals surface area contributed by atoms with E-state index in [1.807, 2.05) is 13.0 Å². The Kier molecular flexibility index (Phi) is 4.77. The van der Waals surface area contributed by atoms with Crippen molar-refractivity contribution in [2.75, 3.05) is 7.11 Å². The number of halogens is 1. The van der Waals surface area contributed by atoms with Crippen molar-refractivity contribution in [3.8, 4) is 11.8 Å². The van der Waals surface area contributed by atoms with Crippen molar-refractivity contribution in [1.82, 2.24) is 0 Å². The quantitative estimate of drug-likeness (QED) is 0.779. The second-order valence-corrected chi connectivity index (χ2v) is 5.58. The number of carbonyl (C=O) groups is 1. The summed E-state index contributed by atoms with van der Waals surface area (Å²) in [5.41, 5.74) is 2.05. The summed E-state index contributed by atoms with van der Waals surface area (Å²) in [7, 11) is 1.56. The normalized spacial score (nSPS) is 11.5. The summed E-state index contributed by atoms with van der Waals surface area (Å²) < 4.78 is 6.06. The highest BCUT2D eigenvalue weighted by Crippen LogP contribution is 2.26. The van der Waals surface area contributed by atoms with Crippen molar-refractivity contribution in [3.63, 3.8) is 0 Å². The predicted molar refractivity (Wildman–Crippen MR) is 84.6 cm³/mol. The lowest BCUT2D eigenvalue weighted by molar-refractivity contribution is 0.0978. The third kappa shape index (κ3) is 3.32. The maximum absolute atomic E-state index is 12.6. The van der Waals surface area contributed by atoms with E-state index >= 15 is 0 Å². The lowest BCUT2D eigenvalue weighted by Crippen LogP contribution is -2.12. The molecule has 0 aromatic heterocycles. The lowest BCUT2D eigenvalue weighted by Gasteiger charge is -2.12. The van der Waals surface area contributed by atoms with Gasteiger partial charge in [-0.3, -0.25) is 4.79 Å². The van der Waals surface area contributed by atoms with Crippen LogP contribution in [0.3, 0.4) is 0 Å². The van der Waals surface area contributed by atoms with Crippen molar-refractivity contribution in [1.29, 1.82) is 5.26 Å². The topological polar surface area (TPSA) is 50.1 Å². The highest BCUT2D eigenvalue weighted by Gasteiger charge is 2.23. The molecule has 2 aromatic rings. The van der Waals surface area contributed by atoms with Crippen LogP contribution >= 0.6 is 15.9 Å². The molecule has 4 heteroatoms. The van der Waals surface area contributed by atoms with Gasteiger partial charge in [-0.1, -0.05) is 28.1 Å². The average molecular weight is 344 g/mol. The summed E-state index contributed by atoms with van der Waals surface area (Å²) in [6.07, 6.45) is 0. The zero-order chi connectivity index (χ0) is 15.4. The van der Waals surface area contributed by atoms with Crippen molar-refractivity contribution in [3.05, 3.63) is 63.6 Å². The number of ketones is 1. The van der Waals surface area contributed by atoms with Crippen LogP contribution in [0.2, 0.25) is 0 Å². The molecule has 0 aliphatic heterocycles. The average Bonchev–Trinajstić information content (AvgIpc) is 2.48. The van der Waals surface area contributed by atoms with Crippen molar-refractivity contribution >= 4 is 21.7 Å². The van der Waals surface area contributed by atoms with Gasteiger partial charge in [-0.15, -0.1) is 0 Å². The minimum atomic E-state index is -0.833. The largest absolute Gasteiger partial charge is 0.497 e. The molecule has 0 aliphatic carbocycles. The third-order valence-electron chi connectivity index (χ3n) is 3.27. The first-order valence-electron chi connectivity index (χ1n) is 6.40. The molecule has 0 N–H and O–H groups in total. The standard InChI is InChI=1S/C17H14BrNO2/c1-11-8-13(18)6-7-15(11)17(20)16(10-19)12-4-3-5-14(9-12)21-2/h3-9,16H,1-2H3. The molecule has 0 fully saturated rings. The van der Waals surface area contributed by atoms with E-state index in [1.54, 1.807) is 43.5 Å². The molecular weight excluding hydrogens is 330 g/mol. The number of ether oxygens (including phenoxy) is 1. The van der Waals surface area contributed by atoms with Gasteiger partial charge in [-0.05, 0) is 48.4 Å². The number of methoxy groups -OCH3 is 1. The lowest BCUT2D eigenvalue weighted by atomic mass is 9.90.